The van der Waals surface area contributed by atoms with Crippen LogP contribution in [0.15, 0.2) is 0 Å². The van der Waals surface area contributed by atoms with Crippen molar-refractivity contribution < 1.29 is 0 Å². The number of hydrogen-bond donors (Lipinski definition) is 1. The van der Waals surface area contributed by atoms with Crippen molar-refractivity contribution in [2.24, 2.45) is 11.7 Å². The Kier molecular flexibility index (Phi) is 8.53. The Labute approximate surface area is 84.1 Å². The van der Waals surface area contributed by atoms with Gasteiger partial charge in [0.2, 0.25) is 0 Å². The van der Waals surface area contributed by atoms with Gasteiger partial charge in [0.15, 0.2) is 0 Å². The van der Waals surface area contributed by atoms with Gasteiger partial charge in [-0.25, -0.2) is 0 Å². The molecule has 0 aromatic carbocycles. The third-order valence-corrected chi connectivity index (χ3v) is 2.45. The van der Waals surface area contributed by atoms with Gasteiger partial charge in [0.25, 0.3) is 0 Å². The van der Waals surface area contributed by atoms with Crippen molar-refractivity contribution in [3.8, 4) is 0 Å². The van der Waals surface area contributed by atoms with Crippen LogP contribution in [0.25, 0.3) is 0 Å². The first kappa shape index (κ1) is 13.0. The fourth-order valence-electron chi connectivity index (χ4n) is 1.73. The molecule has 0 aromatic heterocycles. The summed E-state index contributed by atoms with van der Waals surface area (Å²) < 4.78 is 0. The molecule has 0 aliphatic heterocycles. The van der Waals surface area contributed by atoms with Crippen LogP contribution in [0.2, 0.25) is 0 Å². The molecule has 0 bridgehead atoms. The summed E-state index contributed by atoms with van der Waals surface area (Å²) in [5.74, 6) is 0.755. The van der Waals surface area contributed by atoms with Crippen LogP contribution >= 0.6 is 0 Å². The highest BCUT2D eigenvalue weighted by Crippen LogP contribution is 2.11. The van der Waals surface area contributed by atoms with Gasteiger partial charge in [0, 0.05) is 6.04 Å². The molecule has 0 aliphatic rings. The summed E-state index contributed by atoms with van der Waals surface area (Å²) in [5, 5.41) is 0. The van der Waals surface area contributed by atoms with E-state index >= 15 is 0 Å². The maximum Gasteiger partial charge on any atom is 0.00412 e. The van der Waals surface area contributed by atoms with Gasteiger partial charge >= 0.3 is 0 Å². The number of nitrogens with two attached hydrogens (primary N) is 1. The first-order valence-electron chi connectivity index (χ1n) is 5.92. The Morgan fingerprint density at radius 3 is 2.15 bits per heavy atom. The van der Waals surface area contributed by atoms with Gasteiger partial charge in [-0.15, -0.1) is 0 Å². The topological polar surface area (TPSA) is 26.0 Å². The van der Waals surface area contributed by atoms with E-state index in [4.69, 9.17) is 5.73 Å². The summed E-state index contributed by atoms with van der Waals surface area (Å²) in [7, 11) is 0. The lowest BCUT2D eigenvalue weighted by Gasteiger charge is -2.13. The van der Waals surface area contributed by atoms with Crippen LogP contribution in [0, 0.1) is 5.92 Å². The Morgan fingerprint density at radius 2 is 1.62 bits per heavy atom. The summed E-state index contributed by atoms with van der Waals surface area (Å²) >= 11 is 0. The molecule has 0 heterocycles. The van der Waals surface area contributed by atoms with Crippen LogP contribution in [0.4, 0.5) is 0 Å². The molecule has 80 valence electrons. The summed E-state index contributed by atoms with van der Waals surface area (Å²) in [4.78, 5) is 0. The van der Waals surface area contributed by atoms with Gasteiger partial charge in [0.1, 0.15) is 0 Å². The molecule has 1 heteroatoms. The normalized spacial score (nSPS) is 13.6. The predicted molar refractivity (Wildman–Crippen MR) is 60.8 cm³/mol. The van der Waals surface area contributed by atoms with Gasteiger partial charge in [-0.05, 0) is 18.8 Å². The third kappa shape index (κ3) is 9.88. The number of rotatable bonds is 8. The van der Waals surface area contributed by atoms with Crippen LogP contribution < -0.4 is 5.73 Å². The highest BCUT2D eigenvalue weighted by Gasteiger charge is 2.04. The molecule has 0 radical (unpaired) electrons. The molecule has 1 nitrogen and oxygen atoms in total. The minimum atomic E-state index is 0.446. The summed E-state index contributed by atoms with van der Waals surface area (Å²) in [6.45, 7) is 6.75. The van der Waals surface area contributed by atoms with E-state index in [9.17, 15) is 0 Å². The lowest BCUT2D eigenvalue weighted by Crippen LogP contribution is -2.21. The Balaban J connectivity index is 3.12. The largest absolute Gasteiger partial charge is 0.328 e. The second kappa shape index (κ2) is 8.55. The first-order chi connectivity index (χ1) is 6.16. The fraction of sp³-hybridized carbons (Fsp3) is 1.00. The molecule has 0 aliphatic carbocycles. The molecule has 13 heavy (non-hydrogen) atoms. The summed E-state index contributed by atoms with van der Waals surface area (Å²) in [5.41, 5.74) is 5.99. The minimum Gasteiger partial charge on any atom is -0.328 e. The van der Waals surface area contributed by atoms with E-state index in [-0.39, 0.29) is 0 Å². The summed E-state index contributed by atoms with van der Waals surface area (Å²) in [6.07, 6.45) is 9.23. The molecule has 0 amide bonds. The molecule has 0 fully saturated rings. The average Bonchev–Trinajstić information content (AvgIpc) is 2.02. The molecule has 0 saturated carbocycles. The van der Waals surface area contributed by atoms with E-state index in [1.807, 2.05) is 0 Å². The van der Waals surface area contributed by atoms with Crippen molar-refractivity contribution >= 4 is 0 Å². The van der Waals surface area contributed by atoms with E-state index in [1.165, 1.54) is 44.9 Å². The maximum absolute atomic E-state index is 5.99. The standard InChI is InChI=1S/C12H27N/c1-4-5-6-7-8-9-12(13)10-11(2)3/h11-12H,4-10,13H2,1-3H3. The molecule has 2 N–H and O–H groups in total. The average molecular weight is 185 g/mol. The summed E-state index contributed by atoms with van der Waals surface area (Å²) in [6, 6.07) is 0.446. The van der Waals surface area contributed by atoms with Crippen LogP contribution in [0.3, 0.4) is 0 Å². The van der Waals surface area contributed by atoms with Gasteiger partial charge in [-0.2, -0.15) is 0 Å². The molecule has 1 unspecified atom stereocenters. The Morgan fingerprint density at radius 1 is 1.00 bits per heavy atom. The van der Waals surface area contributed by atoms with Crippen molar-refractivity contribution in [2.75, 3.05) is 0 Å². The van der Waals surface area contributed by atoms with Gasteiger partial charge < -0.3 is 5.73 Å². The smallest absolute Gasteiger partial charge is 0.00412 e. The van der Waals surface area contributed by atoms with Gasteiger partial charge in [-0.3, -0.25) is 0 Å². The third-order valence-electron chi connectivity index (χ3n) is 2.45. The Bertz CT molecular complexity index is 99.3. The van der Waals surface area contributed by atoms with Crippen LogP contribution in [-0.2, 0) is 0 Å². The van der Waals surface area contributed by atoms with Crippen molar-refractivity contribution in [3.05, 3.63) is 0 Å². The number of hydrogen-bond acceptors (Lipinski definition) is 1. The maximum atomic E-state index is 5.99. The van der Waals surface area contributed by atoms with Crippen molar-refractivity contribution in [3.63, 3.8) is 0 Å². The highest BCUT2D eigenvalue weighted by molar-refractivity contribution is 4.63. The monoisotopic (exact) mass is 185 g/mol. The molecule has 0 saturated heterocycles. The lowest BCUT2D eigenvalue weighted by molar-refractivity contribution is 0.452. The van der Waals surface area contributed by atoms with E-state index in [0.29, 0.717) is 6.04 Å². The number of unbranched alkanes of at least 4 members (excludes halogenated alkanes) is 4. The van der Waals surface area contributed by atoms with E-state index in [2.05, 4.69) is 20.8 Å². The highest BCUT2D eigenvalue weighted by atomic mass is 14.6. The van der Waals surface area contributed by atoms with Crippen molar-refractivity contribution in [2.45, 2.75) is 71.8 Å². The van der Waals surface area contributed by atoms with Crippen LogP contribution in [0.1, 0.15) is 65.7 Å². The predicted octanol–water partition coefficient (Wildman–Crippen LogP) is 3.72. The molecule has 0 aromatic rings. The van der Waals surface area contributed by atoms with Gasteiger partial charge in [-0.1, -0.05) is 52.9 Å². The van der Waals surface area contributed by atoms with Crippen LogP contribution in [-0.4, -0.2) is 6.04 Å². The molecule has 0 spiro atoms. The first-order valence-corrected chi connectivity index (χ1v) is 5.92. The second-order valence-corrected chi connectivity index (χ2v) is 4.59. The second-order valence-electron chi connectivity index (χ2n) is 4.59. The van der Waals surface area contributed by atoms with E-state index < -0.39 is 0 Å². The molecule has 0 rings (SSSR count). The van der Waals surface area contributed by atoms with Crippen molar-refractivity contribution in [1.82, 2.24) is 0 Å². The minimum absolute atomic E-state index is 0.446. The zero-order valence-corrected chi connectivity index (χ0v) is 9.68. The zero-order valence-electron chi connectivity index (χ0n) is 9.68. The molecular formula is C12H27N. The Hall–Kier alpha value is -0.0400. The van der Waals surface area contributed by atoms with Gasteiger partial charge in [0.05, 0.1) is 0 Å². The lowest BCUT2D eigenvalue weighted by atomic mass is 9.99. The van der Waals surface area contributed by atoms with E-state index in [1.54, 1.807) is 0 Å². The molecule has 1 atom stereocenters. The van der Waals surface area contributed by atoms with E-state index in [0.717, 1.165) is 5.92 Å². The zero-order chi connectivity index (χ0) is 10.1. The SMILES string of the molecule is CCCCCCCC(N)CC(C)C. The van der Waals surface area contributed by atoms with Crippen LogP contribution in [0.5, 0.6) is 0 Å². The quantitative estimate of drug-likeness (QED) is 0.573. The van der Waals surface area contributed by atoms with Crippen molar-refractivity contribution in [1.29, 1.82) is 0 Å². The fourth-order valence-corrected chi connectivity index (χ4v) is 1.73. The molecular weight excluding hydrogens is 158 g/mol.